The number of benzene rings is 1. The van der Waals surface area contributed by atoms with E-state index in [1.807, 2.05) is 36.6 Å². The normalized spacial score (nSPS) is 11.7. The van der Waals surface area contributed by atoms with E-state index >= 15 is 0 Å². The van der Waals surface area contributed by atoms with Crippen molar-refractivity contribution in [2.24, 2.45) is 0 Å². The zero-order chi connectivity index (χ0) is 22.7. The van der Waals surface area contributed by atoms with E-state index in [0.717, 1.165) is 11.1 Å². The molecule has 0 aliphatic rings. The van der Waals surface area contributed by atoms with Gasteiger partial charge in [0.25, 0.3) is 0 Å². The summed E-state index contributed by atoms with van der Waals surface area (Å²) in [4.78, 5) is 38.6. The maximum Gasteiger partial charge on any atom is 0.312 e. The third-order valence-electron chi connectivity index (χ3n) is 4.70. The van der Waals surface area contributed by atoms with Crippen LogP contribution in [0.2, 0.25) is 0 Å². The average molecular weight is 443 g/mol. The molecule has 31 heavy (non-hydrogen) atoms. The summed E-state index contributed by atoms with van der Waals surface area (Å²) in [6.07, 6.45) is 0. The van der Waals surface area contributed by atoms with Crippen molar-refractivity contribution in [3.8, 4) is 11.3 Å². The number of nitrogens with one attached hydrogen (secondary N) is 2. The fraction of sp³-hybridized carbons (Fsp3) is 0.300. The van der Waals surface area contributed by atoms with Crippen molar-refractivity contribution >= 4 is 34.0 Å². The number of carbonyl (C=O) groups is 2. The van der Waals surface area contributed by atoms with Crippen LogP contribution in [0.15, 0.2) is 29.6 Å². The molecule has 0 spiro atoms. The van der Waals surface area contributed by atoms with Gasteiger partial charge in [-0.1, -0.05) is 24.3 Å². The molecule has 0 radical (unpaired) electrons. The van der Waals surface area contributed by atoms with E-state index in [4.69, 9.17) is 0 Å². The number of aryl methyl sites for hydroxylation is 1. The highest BCUT2D eigenvalue weighted by Gasteiger charge is 2.23. The molecule has 162 valence electrons. The molecule has 1 aromatic carbocycles. The number of carbonyl (C=O) groups excluding carboxylic acids is 2. The van der Waals surface area contributed by atoms with Crippen LogP contribution in [0.4, 0.5) is 10.8 Å². The van der Waals surface area contributed by atoms with Crippen molar-refractivity contribution in [3.05, 3.63) is 56.7 Å². The molecule has 3 aromatic rings. The van der Waals surface area contributed by atoms with Gasteiger partial charge in [0.05, 0.1) is 16.7 Å². The van der Waals surface area contributed by atoms with Crippen molar-refractivity contribution in [2.75, 3.05) is 5.32 Å². The van der Waals surface area contributed by atoms with Gasteiger partial charge in [0.15, 0.2) is 5.13 Å². The van der Waals surface area contributed by atoms with Crippen LogP contribution in [0.3, 0.4) is 0 Å². The highest BCUT2D eigenvalue weighted by atomic mass is 32.1. The van der Waals surface area contributed by atoms with E-state index < -0.39 is 4.92 Å². The molecule has 2 N–H and O–H groups in total. The van der Waals surface area contributed by atoms with Crippen molar-refractivity contribution < 1.29 is 14.5 Å². The third kappa shape index (κ3) is 5.12. The summed E-state index contributed by atoms with van der Waals surface area (Å²) < 4.78 is 1.31. The maximum absolute atomic E-state index is 12.4. The fourth-order valence-electron chi connectivity index (χ4n) is 3.19. The van der Waals surface area contributed by atoms with E-state index in [-0.39, 0.29) is 35.8 Å². The molecule has 2 heterocycles. The molecule has 1 atom stereocenters. The smallest absolute Gasteiger partial charge is 0.312 e. The molecule has 1 unspecified atom stereocenters. The lowest BCUT2D eigenvalue weighted by atomic mass is 10.1. The zero-order valence-corrected chi connectivity index (χ0v) is 18.3. The van der Waals surface area contributed by atoms with Gasteiger partial charge in [-0.3, -0.25) is 24.4 Å². The van der Waals surface area contributed by atoms with Gasteiger partial charge in [0.1, 0.15) is 17.9 Å². The van der Waals surface area contributed by atoms with Crippen LogP contribution in [0, 0.1) is 24.0 Å². The molecule has 2 amide bonds. The summed E-state index contributed by atoms with van der Waals surface area (Å²) in [6.45, 7) is 6.33. The van der Waals surface area contributed by atoms with E-state index in [1.54, 1.807) is 6.92 Å². The number of nitro groups is 1. The second kappa shape index (κ2) is 9.04. The first-order valence-corrected chi connectivity index (χ1v) is 10.3. The Kier molecular flexibility index (Phi) is 6.44. The molecule has 10 nitrogen and oxygen atoms in total. The number of aromatic nitrogens is 3. The van der Waals surface area contributed by atoms with Crippen molar-refractivity contribution in [2.45, 2.75) is 40.3 Å². The summed E-state index contributed by atoms with van der Waals surface area (Å²) >= 11 is 1.28. The van der Waals surface area contributed by atoms with E-state index in [1.165, 1.54) is 29.9 Å². The second-order valence-corrected chi connectivity index (χ2v) is 7.92. The molecule has 0 aliphatic carbocycles. The van der Waals surface area contributed by atoms with Gasteiger partial charge in [0, 0.05) is 17.9 Å². The Balaban J connectivity index is 1.66. The monoisotopic (exact) mass is 442 g/mol. The number of amides is 2. The summed E-state index contributed by atoms with van der Waals surface area (Å²) in [5.41, 5.74) is 3.07. The fourth-order valence-corrected chi connectivity index (χ4v) is 3.93. The van der Waals surface area contributed by atoms with Crippen LogP contribution in [0.1, 0.15) is 36.8 Å². The van der Waals surface area contributed by atoms with E-state index in [9.17, 15) is 19.7 Å². The van der Waals surface area contributed by atoms with Crippen molar-refractivity contribution in [1.82, 2.24) is 20.1 Å². The summed E-state index contributed by atoms with van der Waals surface area (Å²) in [6, 6.07) is 7.56. The quantitative estimate of drug-likeness (QED) is 0.426. The Hall–Kier alpha value is -3.60. The summed E-state index contributed by atoms with van der Waals surface area (Å²) in [5.74, 6) is -0.465. The Morgan fingerprint density at radius 1 is 1.26 bits per heavy atom. The summed E-state index contributed by atoms with van der Waals surface area (Å²) in [7, 11) is 0. The largest absolute Gasteiger partial charge is 0.350 e. The highest BCUT2D eigenvalue weighted by molar-refractivity contribution is 7.14. The molecular weight excluding hydrogens is 420 g/mol. The lowest BCUT2D eigenvalue weighted by Gasteiger charge is -2.13. The summed E-state index contributed by atoms with van der Waals surface area (Å²) in [5, 5.41) is 23.0. The predicted octanol–water partition coefficient (Wildman–Crippen LogP) is 3.37. The minimum atomic E-state index is -0.499. The number of rotatable bonds is 7. The standard InChI is InChI=1S/C20H22N6O4S/c1-11(21-14(4)27)15-5-7-16(8-6-15)17-10-31-20(22-17)23-18(28)9-25-13(3)19(26(29)30)12(2)24-25/h5-8,10-11H,9H2,1-4H3,(H,21,27)(H,22,23,28). The lowest BCUT2D eigenvalue weighted by molar-refractivity contribution is -0.386. The Morgan fingerprint density at radius 3 is 2.52 bits per heavy atom. The molecule has 11 heteroatoms. The van der Waals surface area contributed by atoms with Gasteiger partial charge in [0.2, 0.25) is 11.8 Å². The molecule has 0 bridgehead atoms. The Morgan fingerprint density at radius 2 is 1.94 bits per heavy atom. The van der Waals surface area contributed by atoms with Crippen LogP contribution in [-0.2, 0) is 16.1 Å². The minimum Gasteiger partial charge on any atom is -0.350 e. The average Bonchev–Trinajstić information content (AvgIpc) is 3.25. The molecule has 0 fully saturated rings. The second-order valence-electron chi connectivity index (χ2n) is 7.06. The zero-order valence-electron chi connectivity index (χ0n) is 17.5. The van der Waals surface area contributed by atoms with Gasteiger partial charge in [-0.25, -0.2) is 4.98 Å². The molecule has 0 saturated heterocycles. The first-order valence-electron chi connectivity index (χ1n) is 9.47. The molecule has 3 rings (SSSR count). The molecule has 0 aliphatic heterocycles. The molecule has 0 saturated carbocycles. The number of thiazole rings is 1. The van der Waals surface area contributed by atoms with Gasteiger partial charge in [-0.15, -0.1) is 11.3 Å². The van der Waals surface area contributed by atoms with E-state index in [0.29, 0.717) is 16.5 Å². The van der Waals surface area contributed by atoms with Gasteiger partial charge < -0.3 is 10.6 Å². The van der Waals surface area contributed by atoms with Gasteiger partial charge >= 0.3 is 5.69 Å². The maximum atomic E-state index is 12.4. The topological polar surface area (TPSA) is 132 Å². The van der Waals surface area contributed by atoms with E-state index in [2.05, 4.69) is 20.7 Å². The number of hydrogen-bond donors (Lipinski definition) is 2. The minimum absolute atomic E-state index is 0.0828. The Labute approximate surface area is 182 Å². The highest BCUT2D eigenvalue weighted by Crippen LogP contribution is 2.26. The lowest BCUT2D eigenvalue weighted by Crippen LogP contribution is -2.23. The van der Waals surface area contributed by atoms with Crippen LogP contribution in [0.5, 0.6) is 0 Å². The van der Waals surface area contributed by atoms with Crippen LogP contribution in [-0.4, -0.2) is 31.5 Å². The van der Waals surface area contributed by atoms with Crippen LogP contribution >= 0.6 is 11.3 Å². The number of anilines is 1. The Bertz CT molecular complexity index is 1140. The first-order chi connectivity index (χ1) is 14.7. The van der Waals surface area contributed by atoms with Crippen LogP contribution in [0.25, 0.3) is 11.3 Å². The SMILES string of the molecule is CC(=O)NC(C)c1ccc(-c2csc(NC(=O)Cn3nc(C)c([N+](=O)[O-])c3C)n2)cc1. The third-order valence-corrected chi connectivity index (χ3v) is 5.45. The molecular formula is C20H22N6O4S. The van der Waals surface area contributed by atoms with Gasteiger partial charge in [-0.2, -0.15) is 5.10 Å². The van der Waals surface area contributed by atoms with Gasteiger partial charge in [-0.05, 0) is 26.3 Å². The number of nitrogens with zero attached hydrogens (tertiary/aromatic N) is 4. The molecule has 2 aromatic heterocycles. The first kappa shape index (κ1) is 22.1. The van der Waals surface area contributed by atoms with Crippen molar-refractivity contribution in [3.63, 3.8) is 0 Å². The predicted molar refractivity (Wildman–Crippen MR) is 117 cm³/mol. The number of hydrogen-bond acceptors (Lipinski definition) is 7. The van der Waals surface area contributed by atoms with Crippen LogP contribution < -0.4 is 10.6 Å². The van der Waals surface area contributed by atoms with Crippen molar-refractivity contribution in [1.29, 1.82) is 0 Å².